The predicted molar refractivity (Wildman–Crippen MR) is 245 cm³/mol. The van der Waals surface area contributed by atoms with Crippen LogP contribution in [0.5, 0.6) is 0 Å². The number of Topliss-reactive ketones (excluding diaryl/α,β-unsaturated/α-hetero) is 1. The Kier molecular flexibility index (Phi) is 23.8. The van der Waals surface area contributed by atoms with Crippen molar-refractivity contribution in [2.24, 2.45) is 10.9 Å². The highest BCUT2D eigenvalue weighted by Gasteiger charge is 2.48. The van der Waals surface area contributed by atoms with Gasteiger partial charge in [0.2, 0.25) is 23.6 Å². The second-order valence-electron chi connectivity index (χ2n) is 17.8. The fraction of sp³-hybridized carbons (Fsp3) is 0.705. The van der Waals surface area contributed by atoms with Crippen LogP contribution in [0.1, 0.15) is 59.3 Å². The number of aliphatic imine (C=N–C) groups is 1. The van der Waals surface area contributed by atoms with Crippen LogP contribution in [-0.4, -0.2) is 239 Å². The zero-order valence-electron chi connectivity index (χ0n) is 39.8. The van der Waals surface area contributed by atoms with Gasteiger partial charge in [-0.25, -0.2) is 13.6 Å². The lowest BCUT2D eigenvalue weighted by Crippen LogP contribution is -2.50. The number of carbonyl (C=O) groups excluding carboxylic acids is 5. The molecule has 0 saturated carbocycles. The zero-order valence-corrected chi connectivity index (χ0v) is 39.8. The van der Waals surface area contributed by atoms with Crippen LogP contribution in [0.15, 0.2) is 16.6 Å². The molecule has 6 atom stereocenters. The molecule has 0 aromatic rings. The summed E-state index contributed by atoms with van der Waals surface area (Å²) in [5.74, 6) is -11.0. The maximum Gasteiger partial charge on any atom is 0.326 e. The van der Waals surface area contributed by atoms with Crippen molar-refractivity contribution >= 4 is 59.5 Å². The summed E-state index contributed by atoms with van der Waals surface area (Å²) in [6.45, 7) is 4.93. The van der Waals surface area contributed by atoms with Crippen LogP contribution in [0.25, 0.3) is 0 Å². The fourth-order valence-corrected chi connectivity index (χ4v) is 8.12. The van der Waals surface area contributed by atoms with Crippen molar-refractivity contribution in [2.45, 2.75) is 95.4 Å². The van der Waals surface area contributed by atoms with E-state index in [0.717, 1.165) is 4.90 Å². The van der Waals surface area contributed by atoms with E-state index in [2.05, 4.69) is 26.3 Å². The Labute approximate surface area is 404 Å². The van der Waals surface area contributed by atoms with Crippen LogP contribution in [0.2, 0.25) is 0 Å². The molecule has 0 spiro atoms. The number of alkyl halides is 2. The number of amides is 4. The molecule has 0 aromatic heterocycles. The van der Waals surface area contributed by atoms with Gasteiger partial charge in [-0.05, 0) is 39.2 Å². The Morgan fingerprint density at radius 3 is 1.80 bits per heavy atom. The molecule has 0 aliphatic carbocycles. The summed E-state index contributed by atoms with van der Waals surface area (Å²) in [5.41, 5.74) is 0.257. The second-order valence-corrected chi connectivity index (χ2v) is 17.8. The fourth-order valence-electron chi connectivity index (χ4n) is 8.12. The number of allylic oxidation sites excluding steroid dienone is 1. The zero-order chi connectivity index (χ0) is 52.1. The number of likely N-dealkylation sites (tertiary alicyclic amines) is 1. The molecule has 3 aliphatic rings. The number of carbonyl (C=O) groups is 9. The highest BCUT2D eigenvalue weighted by atomic mass is 19.3. The van der Waals surface area contributed by atoms with Gasteiger partial charge in [0, 0.05) is 102 Å². The third kappa shape index (κ3) is 20.5. The third-order valence-corrected chi connectivity index (χ3v) is 12.2. The Morgan fingerprint density at radius 1 is 0.771 bits per heavy atom. The third-order valence-electron chi connectivity index (χ3n) is 12.2. The van der Waals surface area contributed by atoms with E-state index in [-0.39, 0.29) is 128 Å². The Hall–Kier alpha value is -6.01. The van der Waals surface area contributed by atoms with Gasteiger partial charge >= 0.3 is 23.9 Å². The van der Waals surface area contributed by atoms with Crippen LogP contribution in [-0.2, 0) is 43.2 Å². The number of nitriles is 1. The van der Waals surface area contributed by atoms with Crippen LogP contribution in [0.3, 0.4) is 0 Å². The molecule has 3 heterocycles. The largest absolute Gasteiger partial charge is 0.480 e. The molecule has 24 nitrogen and oxygen atoms in total. The van der Waals surface area contributed by atoms with E-state index in [1.54, 1.807) is 39.5 Å². The van der Waals surface area contributed by atoms with Crippen molar-refractivity contribution in [2.75, 3.05) is 98.2 Å². The number of halogens is 2. The molecule has 4 unspecified atom stereocenters. The molecule has 390 valence electrons. The second kappa shape index (κ2) is 28.6. The lowest BCUT2D eigenvalue weighted by molar-refractivity contribution is -0.142. The number of carboxylic acids is 4. The van der Waals surface area contributed by atoms with E-state index in [1.165, 1.54) is 19.2 Å². The molecule has 3 aliphatic heterocycles. The first-order valence-electron chi connectivity index (χ1n) is 23.2. The molecule has 26 heteroatoms. The van der Waals surface area contributed by atoms with Crippen molar-refractivity contribution in [1.82, 2.24) is 45.8 Å². The summed E-state index contributed by atoms with van der Waals surface area (Å²) in [4.78, 5) is 123. The molecule has 8 N–H and O–H groups in total. The normalized spacial score (nSPS) is 21.9. The van der Waals surface area contributed by atoms with Crippen LogP contribution in [0, 0.1) is 17.2 Å². The van der Waals surface area contributed by atoms with Crippen LogP contribution >= 0.6 is 0 Å². The molecule has 2 saturated heterocycles. The summed E-state index contributed by atoms with van der Waals surface area (Å²) in [5, 5.41) is 58.0. The minimum absolute atomic E-state index is 0.0283. The number of unbranched alkanes of at least 4 members (excludes halogenated alkanes) is 1. The summed E-state index contributed by atoms with van der Waals surface area (Å²) in [6, 6.07) is -3.35. The van der Waals surface area contributed by atoms with Gasteiger partial charge in [-0.2, -0.15) is 5.26 Å². The number of nitrogens with zero attached hydrogens (tertiary/aromatic N) is 7. The number of ketones is 1. The van der Waals surface area contributed by atoms with Gasteiger partial charge in [0.25, 0.3) is 5.92 Å². The minimum atomic E-state index is -3.21. The number of carboxylic acid groups (broad SMARTS) is 4. The van der Waals surface area contributed by atoms with Gasteiger partial charge in [0.15, 0.2) is 0 Å². The van der Waals surface area contributed by atoms with Gasteiger partial charge in [-0.3, -0.25) is 62.9 Å². The molecule has 70 heavy (non-hydrogen) atoms. The van der Waals surface area contributed by atoms with Crippen LogP contribution < -0.4 is 21.3 Å². The smallest absolute Gasteiger partial charge is 0.326 e. The molecule has 3 rings (SSSR count). The highest BCUT2D eigenvalue weighted by molar-refractivity contribution is 6.01. The monoisotopic (exact) mass is 995 g/mol. The number of nitrogens with one attached hydrogen (secondary N) is 4. The molecule has 0 aromatic carbocycles. The number of hydrogen-bond acceptors (Lipinski definition) is 16. The van der Waals surface area contributed by atoms with E-state index in [9.17, 15) is 77.6 Å². The lowest BCUT2D eigenvalue weighted by atomic mass is 9.90. The number of rotatable bonds is 25. The van der Waals surface area contributed by atoms with E-state index in [0.29, 0.717) is 12.8 Å². The van der Waals surface area contributed by atoms with Crippen molar-refractivity contribution in [3.63, 3.8) is 0 Å². The SMILES string of the molecule is CC(NC(=O)C1=CC=NC(CN[C@H](C)C(=O)CCC(=O)NC(CCCCNC(=O)CN2CCN(CC(=O)O)CCN(CC(=O)O)CCN(CC(=O)O)CC2)C(=O)O)C1C)C(=O)N1CC(F)(F)C[C@H]1C#N. The molecular formula is C44H67F2N11O13. The highest BCUT2D eigenvalue weighted by Crippen LogP contribution is 2.32. The Balaban J connectivity index is 1.40. The first-order valence-corrected chi connectivity index (χ1v) is 23.2. The average molecular weight is 996 g/mol. The van der Waals surface area contributed by atoms with Crippen molar-refractivity contribution in [3.05, 3.63) is 11.6 Å². The Morgan fingerprint density at radius 2 is 1.30 bits per heavy atom. The minimum Gasteiger partial charge on any atom is -0.480 e. The molecule has 4 amide bonds. The van der Waals surface area contributed by atoms with Gasteiger partial charge in [0.1, 0.15) is 23.9 Å². The summed E-state index contributed by atoms with van der Waals surface area (Å²) >= 11 is 0. The summed E-state index contributed by atoms with van der Waals surface area (Å²) in [6.07, 6.45) is 2.25. The maximum absolute atomic E-state index is 13.9. The molecular weight excluding hydrogens is 929 g/mol. The van der Waals surface area contributed by atoms with Crippen molar-refractivity contribution in [3.8, 4) is 6.07 Å². The number of dihydropyridines is 1. The van der Waals surface area contributed by atoms with Gasteiger partial charge < -0.3 is 46.6 Å². The lowest BCUT2D eigenvalue weighted by Gasteiger charge is -2.32. The van der Waals surface area contributed by atoms with Crippen molar-refractivity contribution in [1.29, 1.82) is 5.26 Å². The quantitative estimate of drug-likeness (QED) is 0.0455. The predicted octanol–water partition coefficient (Wildman–Crippen LogP) is -2.07. The number of aliphatic carboxylic acids is 4. The molecule has 0 bridgehead atoms. The standard InChI is InChI=1S/C44H67F2N11O13/c1-28-32(41(67)51-30(3)42(68)57-27-44(45,46)20-31(57)21-47)9-11-48-34(28)22-50-29(2)35(58)7-8-36(59)52-33(43(69)70)6-4-5-10-49-37(60)23-53-12-14-54(24-38(61)62)16-18-56(26-40(65)66)19-17-55(15-13-53)25-39(63)64/h9,11,28-31,33-34,50H,4-8,10,12-20,22-27H2,1-3H3,(H,49,60)(H,51,67)(H,52,59)(H,61,62)(H,63,64)(H,65,66)(H,69,70)/t28?,29-,30?,31+,33?,34?/m1/s1. The van der Waals surface area contributed by atoms with E-state index < -0.39 is 96.6 Å². The summed E-state index contributed by atoms with van der Waals surface area (Å²) in [7, 11) is 0. The van der Waals surface area contributed by atoms with E-state index in [4.69, 9.17) is 0 Å². The van der Waals surface area contributed by atoms with Crippen molar-refractivity contribution < 1.29 is 72.4 Å². The van der Waals surface area contributed by atoms with Gasteiger partial charge in [-0.15, -0.1) is 0 Å². The average Bonchev–Trinajstić information content (AvgIpc) is 3.61. The Bertz CT molecular complexity index is 1950. The first-order chi connectivity index (χ1) is 33.0. The van der Waals surface area contributed by atoms with Gasteiger partial charge in [0.05, 0.1) is 50.9 Å². The van der Waals surface area contributed by atoms with E-state index >= 15 is 0 Å². The van der Waals surface area contributed by atoms with Gasteiger partial charge in [-0.1, -0.05) is 6.92 Å². The van der Waals surface area contributed by atoms with Crippen LogP contribution in [0.4, 0.5) is 8.78 Å². The van der Waals surface area contributed by atoms with E-state index in [1.807, 2.05) is 0 Å². The number of hydrogen-bond donors (Lipinski definition) is 8. The summed E-state index contributed by atoms with van der Waals surface area (Å²) < 4.78 is 27.8. The maximum atomic E-state index is 13.9. The first kappa shape index (κ1) is 58.3. The molecule has 2 fully saturated rings. The topological polar surface area (TPSA) is 335 Å². The molecule has 0 radical (unpaired) electrons.